The summed E-state index contributed by atoms with van der Waals surface area (Å²) in [5.74, 6) is -0.0741. The van der Waals surface area contributed by atoms with Crippen LogP contribution in [0.3, 0.4) is 0 Å². The van der Waals surface area contributed by atoms with Crippen molar-refractivity contribution in [2.75, 3.05) is 6.54 Å². The molecule has 1 aromatic rings. The van der Waals surface area contributed by atoms with Gasteiger partial charge in [-0.2, -0.15) is 5.10 Å². The highest BCUT2D eigenvalue weighted by molar-refractivity contribution is 6.42. The smallest absolute Gasteiger partial charge is 0.249 e. The Balaban J connectivity index is 1.86. The molecular weight excluding hydrogens is 350 g/mol. The molecule has 0 fully saturated rings. The summed E-state index contributed by atoms with van der Waals surface area (Å²) in [5.41, 5.74) is 2.34. The monoisotopic (exact) mass is 381 g/mol. The minimum absolute atomic E-state index is 0.0500. The van der Waals surface area contributed by atoms with Gasteiger partial charge < -0.3 is 0 Å². The summed E-state index contributed by atoms with van der Waals surface area (Å²) in [7, 11) is 0. The topological polar surface area (TPSA) is 62.6 Å². The quantitative estimate of drug-likeness (QED) is 0.689. The van der Waals surface area contributed by atoms with Crippen molar-refractivity contribution in [3.63, 3.8) is 0 Å². The molecule has 0 saturated carbocycles. The predicted octanol–water partition coefficient (Wildman–Crippen LogP) is 4.33. The standard InChI is InChI=1S/C23H31N3O2/c1-4-23(2,3)21-20(27)15-18-11-5-6-12-19(18)22(28)26(25-21)14-8-10-17-9-7-13-24-16-17/h7,9,11,13,16,19H,4-6,8,10,12,14-15H2,1-3H3/b25-21+. The SMILES string of the molecule is CCC(C)(C)/C1=N/N(CCCc2cccnc2)C(=O)C2CCCC=C2CC1=O. The summed E-state index contributed by atoms with van der Waals surface area (Å²) in [6, 6.07) is 3.97. The number of Topliss-reactive ketones (excluding diaryl/α,β-unsaturated/α-hetero) is 1. The summed E-state index contributed by atoms with van der Waals surface area (Å²) in [6.07, 6.45) is 11.3. The van der Waals surface area contributed by atoms with Gasteiger partial charge in [0, 0.05) is 30.8 Å². The third-order valence-electron chi connectivity index (χ3n) is 6.04. The summed E-state index contributed by atoms with van der Waals surface area (Å²) in [5, 5.41) is 6.26. The maximum atomic E-state index is 13.3. The van der Waals surface area contributed by atoms with Crippen LogP contribution in [0, 0.1) is 11.3 Å². The number of hydrogen-bond acceptors (Lipinski definition) is 4. The number of ketones is 1. The Hall–Kier alpha value is -2.30. The maximum Gasteiger partial charge on any atom is 0.249 e. The van der Waals surface area contributed by atoms with E-state index in [4.69, 9.17) is 0 Å². The van der Waals surface area contributed by atoms with Gasteiger partial charge in [-0.3, -0.25) is 14.6 Å². The molecule has 0 bridgehead atoms. The van der Waals surface area contributed by atoms with Crippen molar-refractivity contribution in [1.29, 1.82) is 0 Å². The van der Waals surface area contributed by atoms with Gasteiger partial charge in [0.25, 0.3) is 0 Å². The van der Waals surface area contributed by atoms with E-state index < -0.39 is 0 Å². The molecule has 0 aromatic carbocycles. The van der Waals surface area contributed by atoms with Crippen LogP contribution in [0.2, 0.25) is 0 Å². The van der Waals surface area contributed by atoms with Gasteiger partial charge in [0.2, 0.25) is 5.91 Å². The van der Waals surface area contributed by atoms with Gasteiger partial charge in [-0.15, -0.1) is 0 Å². The van der Waals surface area contributed by atoms with Crippen LogP contribution >= 0.6 is 0 Å². The Labute approximate surface area is 167 Å². The molecule has 2 aliphatic rings. The average Bonchev–Trinajstić information content (AvgIpc) is 2.70. The van der Waals surface area contributed by atoms with Crippen molar-refractivity contribution in [2.24, 2.45) is 16.4 Å². The third-order valence-corrected chi connectivity index (χ3v) is 6.04. The fourth-order valence-corrected chi connectivity index (χ4v) is 3.91. The molecule has 0 saturated heterocycles. The average molecular weight is 382 g/mol. The zero-order chi connectivity index (χ0) is 20.1. The molecule has 0 radical (unpaired) electrons. The number of amides is 1. The maximum absolute atomic E-state index is 13.3. The summed E-state index contributed by atoms with van der Waals surface area (Å²) < 4.78 is 0. The molecule has 0 spiro atoms. The van der Waals surface area contributed by atoms with E-state index in [1.54, 1.807) is 11.2 Å². The van der Waals surface area contributed by atoms with Gasteiger partial charge in [0.05, 0.1) is 5.92 Å². The lowest BCUT2D eigenvalue weighted by Crippen LogP contribution is -2.42. The van der Waals surface area contributed by atoms with E-state index >= 15 is 0 Å². The normalized spacial score (nSPS) is 22.7. The van der Waals surface area contributed by atoms with Crippen LogP contribution in [-0.4, -0.2) is 33.9 Å². The molecule has 1 amide bonds. The van der Waals surface area contributed by atoms with Gasteiger partial charge in [-0.1, -0.05) is 38.5 Å². The molecule has 0 N–H and O–H groups in total. The largest absolute Gasteiger partial charge is 0.292 e. The van der Waals surface area contributed by atoms with E-state index in [0.717, 1.165) is 49.7 Å². The first kappa shape index (κ1) is 20.4. The van der Waals surface area contributed by atoms with Gasteiger partial charge in [0.1, 0.15) is 5.71 Å². The zero-order valence-corrected chi connectivity index (χ0v) is 17.3. The molecule has 2 heterocycles. The van der Waals surface area contributed by atoms with Crippen LogP contribution in [0.4, 0.5) is 0 Å². The number of aryl methyl sites for hydroxylation is 1. The van der Waals surface area contributed by atoms with Crippen LogP contribution in [0.5, 0.6) is 0 Å². The van der Waals surface area contributed by atoms with Gasteiger partial charge in [-0.05, 0) is 50.2 Å². The molecule has 150 valence electrons. The minimum atomic E-state index is -0.346. The van der Waals surface area contributed by atoms with Crippen molar-refractivity contribution in [2.45, 2.75) is 65.7 Å². The van der Waals surface area contributed by atoms with Crippen molar-refractivity contribution in [3.05, 3.63) is 41.7 Å². The number of pyridine rings is 1. The Morgan fingerprint density at radius 2 is 2.11 bits per heavy atom. The first-order valence-electron chi connectivity index (χ1n) is 10.4. The zero-order valence-electron chi connectivity index (χ0n) is 17.3. The van der Waals surface area contributed by atoms with E-state index in [1.165, 1.54) is 0 Å². The van der Waals surface area contributed by atoms with E-state index in [9.17, 15) is 9.59 Å². The highest BCUT2D eigenvalue weighted by Gasteiger charge is 2.37. The summed E-state index contributed by atoms with van der Waals surface area (Å²) in [4.78, 5) is 30.5. The number of carbonyl (C=O) groups excluding carboxylic acids is 2. The fraction of sp³-hybridized carbons (Fsp3) is 0.565. The molecule has 1 aromatic heterocycles. The highest BCUT2D eigenvalue weighted by atomic mass is 16.2. The number of nitrogens with zero attached hydrogens (tertiary/aromatic N) is 3. The van der Waals surface area contributed by atoms with Gasteiger partial charge in [0.15, 0.2) is 5.78 Å². The summed E-state index contributed by atoms with van der Waals surface area (Å²) in [6.45, 7) is 6.66. The van der Waals surface area contributed by atoms with Crippen LogP contribution < -0.4 is 0 Å². The highest BCUT2D eigenvalue weighted by Crippen LogP contribution is 2.34. The first-order valence-corrected chi connectivity index (χ1v) is 10.4. The number of fused-ring (bicyclic) bond motifs is 1. The van der Waals surface area contributed by atoms with Crippen molar-refractivity contribution < 1.29 is 9.59 Å². The lowest BCUT2D eigenvalue weighted by molar-refractivity contribution is -0.135. The number of hydrogen-bond donors (Lipinski definition) is 0. The molecule has 1 aliphatic heterocycles. The lowest BCUT2D eigenvalue weighted by atomic mass is 9.78. The van der Waals surface area contributed by atoms with Crippen molar-refractivity contribution >= 4 is 17.4 Å². The number of rotatable bonds is 6. The number of allylic oxidation sites excluding steroid dienone is 1. The number of aromatic nitrogens is 1. The Morgan fingerprint density at radius 3 is 2.82 bits per heavy atom. The second kappa shape index (κ2) is 8.80. The number of carbonyl (C=O) groups is 2. The second-order valence-corrected chi connectivity index (χ2v) is 8.47. The first-order chi connectivity index (χ1) is 13.4. The molecular formula is C23H31N3O2. The van der Waals surface area contributed by atoms with Crippen molar-refractivity contribution in [3.8, 4) is 0 Å². The molecule has 5 nitrogen and oxygen atoms in total. The molecule has 1 atom stereocenters. The van der Waals surface area contributed by atoms with E-state index in [0.29, 0.717) is 18.7 Å². The number of hydrazone groups is 1. The molecule has 1 aliphatic carbocycles. The predicted molar refractivity (Wildman–Crippen MR) is 111 cm³/mol. The molecule has 1 unspecified atom stereocenters. The van der Waals surface area contributed by atoms with Crippen LogP contribution in [-0.2, 0) is 16.0 Å². The molecule has 28 heavy (non-hydrogen) atoms. The van der Waals surface area contributed by atoms with E-state index in [-0.39, 0.29) is 23.0 Å². The van der Waals surface area contributed by atoms with Gasteiger partial charge >= 0.3 is 0 Å². The van der Waals surface area contributed by atoms with E-state index in [2.05, 4.69) is 23.1 Å². The Bertz CT molecular complexity index is 780. The fourth-order valence-electron chi connectivity index (χ4n) is 3.91. The molecule has 5 heteroatoms. The van der Waals surface area contributed by atoms with Crippen LogP contribution in [0.15, 0.2) is 41.3 Å². The van der Waals surface area contributed by atoms with Crippen LogP contribution in [0.1, 0.15) is 64.9 Å². The Morgan fingerprint density at radius 1 is 1.29 bits per heavy atom. The lowest BCUT2D eigenvalue weighted by Gasteiger charge is -2.33. The van der Waals surface area contributed by atoms with Crippen LogP contribution in [0.25, 0.3) is 0 Å². The third kappa shape index (κ3) is 4.57. The van der Waals surface area contributed by atoms with Crippen molar-refractivity contribution in [1.82, 2.24) is 9.99 Å². The van der Waals surface area contributed by atoms with E-state index in [1.807, 2.05) is 32.2 Å². The second-order valence-electron chi connectivity index (χ2n) is 8.47. The molecule has 3 rings (SSSR count). The van der Waals surface area contributed by atoms with Gasteiger partial charge in [-0.25, -0.2) is 5.01 Å². The summed E-state index contributed by atoms with van der Waals surface area (Å²) >= 11 is 0. The Kier molecular flexibility index (Phi) is 6.42. The minimum Gasteiger partial charge on any atom is -0.292 e.